The molecule has 33 heavy (non-hydrogen) atoms. The maximum absolute atomic E-state index is 13.2. The number of hydrogen-bond donors (Lipinski definition) is 1. The first-order valence-electron chi connectivity index (χ1n) is 11.1. The first kappa shape index (κ1) is 24.7. The van der Waals surface area contributed by atoms with Gasteiger partial charge >= 0.3 is 0 Å². The van der Waals surface area contributed by atoms with Gasteiger partial charge in [-0.15, -0.1) is 11.7 Å². The normalized spacial score (nSPS) is 11.9. The Morgan fingerprint density at radius 3 is 2.64 bits per heavy atom. The third-order valence-corrected chi connectivity index (χ3v) is 7.14. The highest BCUT2D eigenvalue weighted by Gasteiger charge is 2.25. The van der Waals surface area contributed by atoms with E-state index in [0.29, 0.717) is 47.9 Å². The van der Waals surface area contributed by atoms with Crippen LogP contribution in [0.15, 0.2) is 40.5 Å². The second-order valence-electron chi connectivity index (χ2n) is 7.68. The van der Waals surface area contributed by atoms with E-state index in [1.54, 1.807) is 30.5 Å². The number of rotatable bonds is 11. The van der Waals surface area contributed by atoms with Gasteiger partial charge in [0.15, 0.2) is 11.3 Å². The molecule has 0 bridgehead atoms. The van der Waals surface area contributed by atoms with Crippen molar-refractivity contribution in [2.24, 2.45) is 0 Å². The number of H-pyrrole nitrogens is 1. The average Bonchev–Trinajstić information content (AvgIpc) is 3.11. The van der Waals surface area contributed by atoms with Gasteiger partial charge in [-0.3, -0.25) is 4.79 Å². The standard InChI is InChI=1S/C23H31N5O4S/c1-6-10-20-24-16(5)21-23(29)25-22(26-28(20)21)18-15-17(11-12-19(18)32-14-8-3)33(30,31)27(9-4)13-7-2/h7,11-12,15H,2,6,8-10,13-14H2,1,3-5H3,(H,25,26,29). The molecule has 0 aliphatic rings. The van der Waals surface area contributed by atoms with Gasteiger partial charge in [0.25, 0.3) is 5.56 Å². The van der Waals surface area contributed by atoms with Gasteiger partial charge in [-0.2, -0.15) is 4.31 Å². The monoisotopic (exact) mass is 473 g/mol. The molecule has 0 radical (unpaired) electrons. The minimum absolute atomic E-state index is 0.0865. The van der Waals surface area contributed by atoms with Crippen LogP contribution in [-0.4, -0.2) is 52.0 Å². The Hall–Kier alpha value is -2.98. The predicted molar refractivity (Wildman–Crippen MR) is 128 cm³/mol. The van der Waals surface area contributed by atoms with Crippen molar-refractivity contribution in [1.82, 2.24) is 23.9 Å². The second kappa shape index (κ2) is 10.3. The number of sulfonamides is 1. The summed E-state index contributed by atoms with van der Waals surface area (Å²) in [5.41, 5.74) is 1.03. The van der Waals surface area contributed by atoms with Crippen molar-refractivity contribution in [1.29, 1.82) is 0 Å². The van der Waals surface area contributed by atoms with E-state index in [4.69, 9.17) is 4.74 Å². The average molecular weight is 474 g/mol. The molecule has 0 saturated carbocycles. The maximum atomic E-state index is 13.2. The Labute approximate surface area is 194 Å². The fourth-order valence-electron chi connectivity index (χ4n) is 3.63. The lowest BCUT2D eigenvalue weighted by atomic mass is 10.2. The molecule has 0 fully saturated rings. The van der Waals surface area contributed by atoms with Gasteiger partial charge in [0.1, 0.15) is 11.6 Å². The third-order valence-electron chi connectivity index (χ3n) is 5.21. The molecule has 0 atom stereocenters. The molecule has 178 valence electrons. The molecule has 2 heterocycles. The van der Waals surface area contributed by atoms with Gasteiger partial charge in [-0.1, -0.05) is 26.8 Å². The minimum Gasteiger partial charge on any atom is -0.493 e. The smallest absolute Gasteiger partial charge is 0.277 e. The zero-order chi connectivity index (χ0) is 24.2. The summed E-state index contributed by atoms with van der Waals surface area (Å²) in [5.74, 6) is 1.34. The van der Waals surface area contributed by atoms with Gasteiger partial charge in [0, 0.05) is 19.5 Å². The van der Waals surface area contributed by atoms with Gasteiger partial charge in [-0.05, 0) is 38.0 Å². The molecule has 1 N–H and O–H groups in total. The first-order valence-corrected chi connectivity index (χ1v) is 12.6. The zero-order valence-electron chi connectivity index (χ0n) is 19.6. The Kier molecular flexibility index (Phi) is 7.70. The van der Waals surface area contributed by atoms with E-state index in [0.717, 1.165) is 12.8 Å². The molecule has 0 unspecified atom stereocenters. The molecule has 0 amide bonds. The van der Waals surface area contributed by atoms with Crippen LogP contribution < -0.4 is 10.3 Å². The molecule has 1 aromatic carbocycles. The van der Waals surface area contributed by atoms with Crippen molar-refractivity contribution < 1.29 is 13.2 Å². The second-order valence-corrected chi connectivity index (χ2v) is 9.62. The summed E-state index contributed by atoms with van der Waals surface area (Å²) in [6.45, 7) is 12.1. The van der Waals surface area contributed by atoms with Gasteiger partial charge < -0.3 is 9.72 Å². The van der Waals surface area contributed by atoms with Crippen LogP contribution in [0, 0.1) is 6.92 Å². The van der Waals surface area contributed by atoms with Crippen LogP contribution in [-0.2, 0) is 16.4 Å². The fraction of sp³-hybridized carbons (Fsp3) is 0.435. The van der Waals surface area contributed by atoms with Gasteiger partial charge in [0.2, 0.25) is 10.0 Å². The quantitative estimate of drug-likeness (QED) is 0.428. The van der Waals surface area contributed by atoms with Crippen LogP contribution in [0.1, 0.15) is 45.1 Å². The topological polar surface area (TPSA) is 110 Å². The Morgan fingerprint density at radius 1 is 1.24 bits per heavy atom. The van der Waals surface area contributed by atoms with Crippen LogP contribution >= 0.6 is 0 Å². The first-order chi connectivity index (χ1) is 15.8. The molecule has 10 heteroatoms. The Bertz CT molecular complexity index is 1310. The van der Waals surface area contributed by atoms with E-state index < -0.39 is 10.0 Å². The van der Waals surface area contributed by atoms with E-state index in [-0.39, 0.29) is 22.8 Å². The molecule has 0 aliphatic carbocycles. The number of aromatic amines is 1. The van der Waals surface area contributed by atoms with Crippen molar-refractivity contribution in [3.63, 3.8) is 0 Å². The molecule has 0 aliphatic heterocycles. The summed E-state index contributed by atoms with van der Waals surface area (Å²) >= 11 is 0. The summed E-state index contributed by atoms with van der Waals surface area (Å²) in [6.07, 6.45) is 3.82. The highest BCUT2D eigenvalue weighted by Crippen LogP contribution is 2.31. The van der Waals surface area contributed by atoms with Crippen molar-refractivity contribution in [3.8, 4) is 17.1 Å². The highest BCUT2D eigenvalue weighted by molar-refractivity contribution is 7.89. The number of fused-ring (bicyclic) bond motifs is 1. The van der Waals surface area contributed by atoms with E-state index in [1.807, 2.05) is 13.8 Å². The summed E-state index contributed by atoms with van der Waals surface area (Å²) in [7, 11) is -3.78. The number of nitrogens with zero attached hydrogens (tertiary/aromatic N) is 4. The number of benzene rings is 1. The van der Waals surface area contributed by atoms with E-state index in [9.17, 15) is 13.2 Å². The zero-order valence-corrected chi connectivity index (χ0v) is 20.4. The Balaban J connectivity index is 2.24. The molecular formula is C23H31N5O4S. The van der Waals surface area contributed by atoms with Crippen molar-refractivity contribution >= 4 is 15.5 Å². The van der Waals surface area contributed by atoms with Gasteiger partial charge in [0.05, 0.1) is 22.8 Å². The lowest BCUT2D eigenvalue weighted by Gasteiger charge is -2.20. The number of likely N-dealkylation sites (N-methyl/N-ethyl adjacent to an activating group) is 1. The van der Waals surface area contributed by atoms with E-state index >= 15 is 0 Å². The lowest BCUT2D eigenvalue weighted by Crippen LogP contribution is -2.31. The van der Waals surface area contributed by atoms with Crippen LogP contribution in [0.4, 0.5) is 0 Å². The van der Waals surface area contributed by atoms with Crippen LogP contribution in [0.25, 0.3) is 16.9 Å². The molecule has 3 rings (SSSR count). The predicted octanol–water partition coefficient (Wildman–Crippen LogP) is 3.33. The summed E-state index contributed by atoms with van der Waals surface area (Å²) < 4.78 is 35.2. The maximum Gasteiger partial charge on any atom is 0.277 e. The summed E-state index contributed by atoms with van der Waals surface area (Å²) in [6, 6.07) is 4.62. The fourth-order valence-corrected chi connectivity index (χ4v) is 5.07. The summed E-state index contributed by atoms with van der Waals surface area (Å²) in [5, 5.41) is 4.63. The van der Waals surface area contributed by atoms with Gasteiger partial charge in [-0.25, -0.2) is 17.9 Å². The van der Waals surface area contributed by atoms with Crippen molar-refractivity contribution in [2.75, 3.05) is 19.7 Å². The minimum atomic E-state index is -3.78. The molecule has 9 nitrogen and oxygen atoms in total. The largest absolute Gasteiger partial charge is 0.493 e. The number of imidazole rings is 1. The number of aryl methyl sites for hydroxylation is 2. The highest BCUT2D eigenvalue weighted by atomic mass is 32.2. The SMILES string of the molecule is C=CCN(CC)S(=O)(=O)c1ccc(OCCC)c(-c2nn3c(CCC)nc(C)c3c(=O)[nH]2)c1. The molecular weight excluding hydrogens is 442 g/mol. The van der Waals surface area contributed by atoms with Crippen LogP contribution in [0.5, 0.6) is 5.75 Å². The van der Waals surface area contributed by atoms with Crippen molar-refractivity contribution in [2.45, 2.75) is 51.9 Å². The number of ether oxygens (including phenoxy) is 1. The molecule has 3 aromatic rings. The third kappa shape index (κ3) is 4.86. The molecule has 0 saturated heterocycles. The number of hydrogen-bond acceptors (Lipinski definition) is 6. The molecule has 2 aromatic heterocycles. The number of aromatic nitrogens is 4. The lowest BCUT2D eigenvalue weighted by molar-refractivity contribution is 0.318. The van der Waals surface area contributed by atoms with Crippen LogP contribution in [0.3, 0.4) is 0 Å². The van der Waals surface area contributed by atoms with Crippen LogP contribution in [0.2, 0.25) is 0 Å². The van der Waals surface area contributed by atoms with E-state index in [1.165, 1.54) is 16.4 Å². The molecule has 0 spiro atoms. The van der Waals surface area contributed by atoms with E-state index in [2.05, 4.69) is 21.6 Å². The summed E-state index contributed by atoms with van der Waals surface area (Å²) in [4.78, 5) is 20.3. The van der Waals surface area contributed by atoms with Crippen molar-refractivity contribution in [3.05, 3.63) is 52.7 Å². The number of nitrogens with one attached hydrogen (secondary N) is 1. The Morgan fingerprint density at radius 2 is 2.00 bits per heavy atom.